The highest BCUT2D eigenvalue weighted by molar-refractivity contribution is 5.47. The van der Waals surface area contributed by atoms with Gasteiger partial charge in [0.15, 0.2) is 0 Å². The molecule has 0 aliphatic carbocycles. The van der Waals surface area contributed by atoms with E-state index in [1.165, 1.54) is 11.1 Å². The van der Waals surface area contributed by atoms with Crippen molar-refractivity contribution in [2.45, 2.75) is 12.5 Å². The van der Waals surface area contributed by atoms with Gasteiger partial charge in [0.05, 0.1) is 11.7 Å². The highest BCUT2D eigenvalue weighted by atomic mass is 15.2. The Balaban J connectivity index is 1.65. The summed E-state index contributed by atoms with van der Waals surface area (Å²) in [6.07, 6.45) is 4.84. The van der Waals surface area contributed by atoms with Gasteiger partial charge in [-0.3, -0.25) is 9.88 Å². The molecule has 0 radical (unpaired) electrons. The molecule has 1 atom stereocenters. The van der Waals surface area contributed by atoms with Gasteiger partial charge in [-0.2, -0.15) is 0 Å². The maximum absolute atomic E-state index is 4.54. The van der Waals surface area contributed by atoms with Gasteiger partial charge in [0.25, 0.3) is 0 Å². The molecule has 3 heteroatoms. The number of nitrogens with one attached hydrogen (secondary N) is 1. The molecule has 1 aliphatic rings. The van der Waals surface area contributed by atoms with Crippen LogP contribution in [0.5, 0.6) is 0 Å². The second-order valence-electron chi connectivity index (χ2n) is 5.71. The first-order valence-corrected chi connectivity index (χ1v) is 7.94. The van der Waals surface area contributed by atoms with E-state index in [1.807, 2.05) is 18.3 Å². The molecule has 0 spiro atoms. The predicted octanol–water partition coefficient (Wildman–Crippen LogP) is 2.91. The highest BCUT2D eigenvalue weighted by Crippen LogP contribution is 2.20. The van der Waals surface area contributed by atoms with E-state index in [1.54, 1.807) is 0 Å². The summed E-state index contributed by atoms with van der Waals surface area (Å²) in [6, 6.07) is 15.2. The van der Waals surface area contributed by atoms with E-state index in [0.29, 0.717) is 6.04 Å². The van der Waals surface area contributed by atoms with Crippen LogP contribution in [0.1, 0.15) is 22.9 Å². The minimum atomic E-state index is 0.377. The molecule has 1 fully saturated rings. The van der Waals surface area contributed by atoms with Gasteiger partial charge in [-0.25, -0.2) is 0 Å². The van der Waals surface area contributed by atoms with Crippen LogP contribution in [-0.4, -0.2) is 36.1 Å². The normalized spacial score (nSPS) is 19.0. The molecule has 0 saturated carbocycles. The van der Waals surface area contributed by atoms with Crippen molar-refractivity contribution >= 4 is 6.08 Å². The van der Waals surface area contributed by atoms with Crippen LogP contribution in [0.4, 0.5) is 0 Å². The zero-order chi connectivity index (χ0) is 15.2. The topological polar surface area (TPSA) is 28.2 Å². The largest absolute Gasteiger partial charge is 0.313 e. The summed E-state index contributed by atoms with van der Waals surface area (Å²) in [7, 11) is 0. The molecule has 3 rings (SSSR count). The first-order valence-electron chi connectivity index (χ1n) is 7.94. The van der Waals surface area contributed by atoms with Crippen molar-refractivity contribution in [1.82, 2.24) is 15.2 Å². The van der Waals surface area contributed by atoms with Crippen LogP contribution in [-0.2, 0) is 6.42 Å². The monoisotopic (exact) mass is 293 g/mol. The first-order chi connectivity index (χ1) is 10.9. The van der Waals surface area contributed by atoms with Crippen molar-refractivity contribution in [3.05, 3.63) is 72.1 Å². The Morgan fingerprint density at radius 2 is 2.09 bits per heavy atom. The van der Waals surface area contributed by atoms with Crippen LogP contribution in [0.3, 0.4) is 0 Å². The van der Waals surface area contributed by atoms with E-state index in [2.05, 4.69) is 58.2 Å². The van der Waals surface area contributed by atoms with Crippen molar-refractivity contribution in [3.8, 4) is 0 Å². The minimum Gasteiger partial charge on any atom is -0.313 e. The molecule has 114 valence electrons. The maximum Gasteiger partial charge on any atom is 0.0647 e. The summed E-state index contributed by atoms with van der Waals surface area (Å²) in [4.78, 5) is 7.08. The number of hydrogen-bond acceptors (Lipinski definition) is 3. The lowest BCUT2D eigenvalue weighted by atomic mass is 10.1. The number of aromatic nitrogens is 1. The number of benzene rings is 1. The molecule has 1 aliphatic heterocycles. The molecule has 1 unspecified atom stereocenters. The molecular formula is C19H23N3. The van der Waals surface area contributed by atoms with Gasteiger partial charge < -0.3 is 5.32 Å². The smallest absolute Gasteiger partial charge is 0.0647 e. The number of rotatable bonds is 5. The lowest BCUT2D eigenvalue weighted by Gasteiger charge is -2.35. The third-order valence-electron chi connectivity index (χ3n) is 4.29. The summed E-state index contributed by atoms with van der Waals surface area (Å²) in [6.45, 7) is 7.98. The van der Waals surface area contributed by atoms with Crippen LogP contribution in [0.2, 0.25) is 0 Å². The van der Waals surface area contributed by atoms with Crippen LogP contribution >= 0.6 is 0 Å². The average Bonchev–Trinajstić information content (AvgIpc) is 2.61. The zero-order valence-corrected chi connectivity index (χ0v) is 12.9. The third kappa shape index (κ3) is 3.62. The van der Waals surface area contributed by atoms with E-state index in [9.17, 15) is 0 Å². The van der Waals surface area contributed by atoms with Crippen molar-refractivity contribution in [1.29, 1.82) is 0 Å². The molecule has 0 bridgehead atoms. The van der Waals surface area contributed by atoms with Gasteiger partial charge in [-0.1, -0.05) is 43.0 Å². The molecule has 1 aromatic carbocycles. The molecule has 0 amide bonds. The summed E-state index contributed by atoms with van der Waals surface area (Å²) in [5.74, 6) is 0. The van der Waals surface area contributed by atoms with Crippen molar-refractivity contribution in [2.75, 3.05) is 26.2 Å². The van der Waals surface area contributed by atoms with E-state index in [0.717, 1.165) is 38.3 Å². The molecule has 1 aromatic heterocycles. The number of nitrogens with zero attached hydrogens (tertiary/aromatic N) is 2. The maximum atomic E-state index is 4.54. The van der Waals surface area contributed by atoms with Crippen LogP contribution in [0.15, 0.2) is 55.2 Å². The van der Waals surface area contributed by atoms with E-state index in [4.69, 9.17) is 0 Å². The second-order valence-corrected chi connectivity index (χ2v) is 5.71. The first kappa shape index (κ1) is 14.9. The quantitative estimate of drug-likeness (QED) is 0.919. The molecule has 1 saturated heterocycles. The van der Waals surface area contributed by atoms with Crippen LogP contribution in [0.25, 0.3) is 6.08 Å². The van der Waals surface area contributed by atoms with Gasteiger partial charge in [-0.05, 0) is 29.7 Å². The second kappa shape index (κ2) is 7.34. The lowest BCUT2D eigenvalue weighted by Crippen LogP contribution is -2.46. The van der Waals surface area contributed by atoms with Gasteiger partial charge in [-0.15, -0.1) is 0 Å². The Kier molecular flexibility index (Phi) is 4.99. The van der Waals surface area contributed by atoms with E-state index >= 15 is 0 Å². The number of pyridine rings is 1. The fraction of sp³-hybridized carbons (Fsp3) is 0.316. The Morgan fingerprint density at radius 3 is 2.82 bits per heavy atom. The summed E-state index contributed by atoms with van der Waals surface area (Å²) in [5, 5.41) is 3.48. The molecule has 2 heterocycles. The Hall–Kier alpha value is -1.97. The lowest BCUT2D eigenvalue weighted by molar-refractivity contribution is 0.160. The van der Waals surface area contributed by atoms with Crippen molar-refractivity contribution in [3.63, 3.8) is 0 Å². The summed E-state index contributed by atoms with van der Waals surface area (Å²) < 4.78 is 0. The minimum absolute atomic E-state index is 0.377. The Labute approximate surface area is 132 Å². The summed E-state index contributed by atoms with van der Waals surface area (Å²) >= 11 is 0. The molecule has 3 nitrogen and oxygen atoms in total. The fourth-order valence-electron chi connectivity index (χ4n) is 2.97. The van der Waals surface area contributed by atoms with Gasteiger partial charge >= 0.3 is 0 Å². The zero-order valence-electron chi connectivity index (χ0n) is 12.9. The standard InChI is InChI=1S/C19H23N3/c1-2-16-6-8-17(9-7-16)10-13-22-14-12-20-15-19(22)18-5-3-4-11-21-18/h2-9,11,19-20H,1,10,12-15H2. The van der Waals surface area contributed by atoms with Gasteiger partial charge in [0, 0.05) is 32.4 Å². The van der Waals surface area contributed by atoms with Gasteiger partial charge in [0.1, 0.15) is 0 Å². The average molecular weight is 293 g/mol. The number of piperazine rings is 1. The number of hydrogen-bond donors (Lipinski definition) is 1. The van der Waals surface area contributed by atoms with E-state index < -0.39 is 0 Å². The molecule has 2 aromatic rings. The highest BCUT2D eigenvalue weighted by Gasteiger charge is 2.24. The van der Waals surface area contributed by atoms with Crippen LogP contribution < -0.4 is 5.32 Å². The molecular weight excluding hydrogens is 270 g/mol. The van der Waals surface area contributed by atoms with E-state index in [-0.39, 0.29) is 0 Å². The van der Waals surface area contributed by atoms with Crippen molar-refractivity contribution < 1.29 is 0 Å². The third-order valence-corrected chi connectivity index (χ3v) is 4.29. The predicted molar refractivity (Wildman–Crippen MR) is 91.7 cm³/mol. The molecule has 1 N–H and O–H groups in total. The van der Waals surface area contributed by atoms with Gasteiger partial charge in [0.2, 0.25) is 0 Å². The SMILES string of the molecule is C=Cc1ccc(CCN2CCNCC2c2ccccn2)cc1. The molecule has 22 heavy (non-hydrogen) atoms. The Bertz CT molecular complexity index is 592. The fourth-order valence-corrected chi connectivity index (χ4v) is 2.97. The Morgan fingerprint density at radius 1 is 1.23 bits per heavy atom. The summed E-state index contributed by atoms with van der Waals surface area (Å²) in [5.41, 5.74) is 3.72. The van der Waals surface area contributed by atoms with Crippen LogP contribution in [0, 0.1) is 0 Å². The van der Waals surface area contributed by atoms with Crippen molar-refractivity contribution in [2.24, 2.45) is 0 Å².